The highest BCUT2D eigenvalue weighted by molar-refractivity contribution is 5.59. The molecule has 1 aromatic carbocycles. The van der Waals surface area contributed by atoms with E-state index in [0.29, 0.717) is 11.5 Å². The minimum Gasteiger partial charge on any atom is -0.441 e. The first-order valence-corrected chi connectivity index (χ1v) is 10.6. The number of aryl methyl sites for hydroxylation is 2. The largest absolute Gasteiger partial charge is 0.441 e. The molecule has 3 saturated carbocycles. The highest BCUT2D eigenvalue weighted by Gasteiger charge is 2.56. The van der Waals surface area contributed by atoms with Gasteiger partial charge in [0.2, 0.25) is 5.89 Å². The topological polar surface area (TPSA) is 29.3 Å². The van der Waals surface area contributed by atoms with Gasteiger partial charge in [-0.3, -0.25) is 4.90 Å². The minimum absolute atomic E-state index is 0.539. The van der Waals surface area contributed by atoms with Crippen LogP contribution in [0.1, 0.15) is 57.6 Å². The summed E-state index contributed by atoms with van der Waals surface area (Å²) in [6, 6.07) is 9.10. The van der Waals surface area contributed by atoms with E-state index in [2.05, 4.69) is 70.8 Å². The molecule has 0 radical (unpaired) electrons. The third-order valence-corrected chi connectivity index (χ3v) is 7.80. The number of aromatic nitrogens is 1. The summed E-state index contributed by atoms with van der Waals surface area (Å²) >= 11 is 0. The lowest BCUT2D eigenvalue weighted by Gasteiger charge is -2.63. The lowest BCUT2D eigenvalue weighted by molar-refractivity contribution is -0.136. The van der Waals surface area contributed by atoms with E-state index >= 15 is 0 Å². The Morgan fingerprint density at radius 1 is 1.22 bits per heavy atom. The molecule has 1 unspecified atom stereocenters. The summed E-state index contributed by atoms with van der Waals surface area (Å²) in [5.41, 5.74) is 4.05. The van der Waals surface area contributed by atoms with Crippen molar-refractivity contribution < 1.29 is 4.42 Å². The Labute approximate surface area is 164 Å². The average molecular weight is 367 g/mol. The van der Waals surface area contributed by atoms with E-state index in [1.54, 1.807) is 0 Å². The van der Waals surface area contributed by atoms with E-state index in [4.69, 9.17) is 9.40 Å². The molecule has 2 bridgehead atoms. The van der Waals surface area contributed by atoms with Gasteiger partial charge in [-0.15, -0.1) is 0 Å². The molecule has 0 spiro atoms. The molecule has 27 heavy (non-hydrogen) atoms. The van der Waals surface area contributed by atoms with Crippen LogP contribution in [0.4, 0.5) is 0 Å². The Morgan fingerprint density at radius 3 is 2.63 bits per heavy atom. The molecule has 3 fully saturated rings. The number of nitrogens with zero attached hydrogens (tertiary/aromatic N) is 2. The molecule has 2 aromatic rings. The van der Waals surface area contributed by atoms with Gasteiger partial charge in [-0.2, -0.15) is 0 Å². The first-order chi connectivity index (χ1) is 12.8. The lowest BCUT2D eigenvalue weighted by Crippen LogP contribution is -2.60. The van der Waals surface area contributed by atoms with Gasteiger partial charge in [0.05, 0.1) is 5.69 Å². The van der Waals surface area contributed by atoms with Crippen molar-refractivity contribution in [2.45, 2.75) is 66.5 Å². The highest BCUT2D eigenvalue weighted by Crippen LogP contribution is 2.61. The molecule has 0 amide bonds. The van der Waals surface area contributed by atoms with Gasteiger partial charge in [0.15, 0.2) is 0 Å². The maximum absolute atomic E-state index is 6.08. The predicted molar refractivity (Wildman–Crippen MR) is 110 cm³/mol. The Hall–Kier alpha value is -1.61. The van der Waals surface area contributed by atoms with Gasteiger partial charge in [0.25, 0.3) is 0 Å². The van der Waals surface area contributed by atoms with E-state index in [1.807, 2.05) is 0 Å². The molecular weight excluding hydrogens is 332 g/mol. The Bertz CT molecular complexity index is 822. The van der Waals surface area contributed by atoms with Crippen molar-refractivity contribution in [1.29, 1.82) is 0 Å². The van der Waals surface area contributed by atoms with Crippen LogP contribution in [0.3, 0.4) is 0 Å². The zero-order chi connectivity index (χ0) is 19.3. The van der Waals surface area contributed by atoms with Gasteiger partial charge >= 0.3 is 0 Å². The SMILES string of the molecule is CCc1ccccc1-c1nc(CN(C)C2C[C@@H]3C[C@H]([C@H]2C)C3(C)C)c(C)o1. The third-order valence-electron chi connectivity index (χ3n) is 7.80. The molecule has 0 saturated heterocycles. The Kier molecular flexibility index (Phi) is 4.70. The van der Waals surface area contributed by atoms with Crippen molar-refractivity contribution in [3.63, 3.8) is 0 Å². The van der Waals surface area contributed by atoms with Gasteiger partial charge in [-0.25, -0.2) is 4.98 Å². The number of oxazole rings is 1. The summed E-state index contributed by atoms with van der Waals surface area (Å²) < 4.78 is 6.08. The zero-order valence-electron chi connectivity index (χ0n) is 17.7. The van der Waals surface area contributed by atoms with Crippen molar-refractivity contribution in [2.24, 2.45) is 23.2 Å². The van der Waals surface area contributed by atoms with Crippen molar-refractivity contribution in [3.05, 3.63) is 41.3 Å². The first-order valence-electron chi connectivity index (χ1n) is 10.6. The van der Waals surface area contributed by atoms with Crippen LogP contribution in [0.15, 0.2) is 28.7 Å². The van der Waals surface area contributed by atoms with Gasteiger partial charge in [0.1, 0.15) is 5.76 Å². The van der Waals surface area contributed by atoms with Crippen LogP contribution in [-0.4, -0.2) is 23.0 Å². The van der Waals surface area contributed by atoms with Crippen molar-refractivity contribution in [2.75, 3.05) is 7.05 Å². The number of fused-ring (bicyclic) bond motifs is 2. The average Bonchev–Trinajstić information content (AvgIpc) is 3.01. The van der Waals surface area contributed by atoms with Gasteiger partial charge < -0.3 is 4.42 Å². The van der Waals surface area contributed by atoms with Crippen LogP contribution in [0, 0.1) is 30.1 Å². The second-order valence-electron chi connectivity index (χ2n) is 9.47. The molecular formula is C24H34N2O. The number of hydrogen-bond donors (Lipinski definition) is 0. The second-order valence-corrected chi connectivity index (χ2v) is 9.47. The Balaban J connectivity index is 1.51. The fourth-order valence-electron chi connectivity index (χ4n) is 5.78. The maximum Gasteiger partial charge on any atom is 0.226 e. The van der Waals surface area contributed by atoms with E-state index in [-0.39, 0.29) is 0 Å². The first kappa shape index (κ1) is 18.7. The molecule has 3 aliphatic rings. The van der Waals surface area contributed by atoms with Gasteiger partial charge in [0, 0.05) is 18.2 Å². The van der Waals surface area contributed by atoms with Crippen LogP contribution in [0.5, 0.6) is 0 Å². The smallest absolute Gasteiger partial charge is 0.226 e. The summed E-state index contributed by atoms with van der Waals surface area (Å²) in [6.45, 7) is 12.5. The molecule has 3 aliphatic carbocycles. The van der Waals surface area contributed by atoms with E-state index in [9.17, 15) is 0 Å². The third kappa shape index (κ3) is 3.04. The lowest BCUT2D eigenvalue weighted by atomic mass is 9.44. The highest BCUT2D eigenvalue weighted by atomic mass is 16.4. The standard InChI is InChI=1S/C24H34N2O/c1-7-17-10-8-9-11-19(17)23-25-21(16(3)27-23)14-26(6)22-13-18-12-20(15(22)2)24(18,4)5/h8-11,15,18,20,22H,7,12-14H2,1-6H3/t15-,18+,20-,22?/m1/s1. The molecule has 1 heterocycles. The molecule has 146 valence electrons. The van der Waals surface area contributed by atoms with Crippen molar-refractivity contribution in [3.8, 4) is 11.5 Å². The summed E-state index contributed by atoms with van der Waals surface area (Å²) in [6.07, 6.45) is 3.74. The quantitative estimate of drug-likeness (QED) is 0.678. The monoisotopic (exact) mass is 366 g/mol. The fourth-order valence-corrected chi connectivity index (χ4v) is 5.78. The fraction of sp³-hybridized carbons (Fsp3) is 0.625. The molecule has 0 aliphatic heterocycles. The summed E-state index contributed by atoms with van der Waals surface area (Å²) in [4.78, 5) is 7.43. The summed E-state index contributed by atoms with van der Waals surface area (Å²) in [7, 11) is 2.27. The van der Waals surface area contributed by atoms with E-state index in [1.165, 1.54) is 18.4 Å². The Morgan fingerprint density at radius 2 is 1.96 bits per heavy atom. The van der Waals surface area contributed by atoms with Gasteiger partial charge in [-0.1, -0.05) is 45.9 Å². The summed E-state index contributed by atoms with van der Waals surface area (Å²) in [5.74, 6) is 4.24. The van der Waals surface area contributed by atoms with Crippen molar-refractivity contribution >= 4 is 0 Å². The number of hydrogen-bond acceptors (Lipinski definition) is 3. The van der Waals surface area contributed by atoms with Crippen LogP contribution in [0.25, 0.3) is 11.5 Å². The molecule has 1 aromatic heterocycles. The van der Waals surface area contributed by atoms with Gasteiger partial charge in [-0.05, 0) is 68.0 Å². The molecule has 3 heteroatoms. The van der Waals surface area contributed by atoms with Crippen LogP contribution in [0.2, 0.25) is 0 Å². The number of rotatable bonds is 5. The second kappa shape index (κ2) is 6.77. The summed E-state index contributed by atoms with van der Waals surface area (Å²) in [5, 5.41) is 0. The van der Waals surface area contributed by atoms with E-state index in [0.717, 1.165) is 53.6 Å². The van der Waals surface area contributed by atoms with Crippen LogP contribution in [-0.2, 0) is 13.0 Å². The van der Waals surface area contributed by atoms with E-state index < -0.39 is 0 Å². The van der Waals surface area contributed by atoms with Crippen LogP contribution < -0.4 is 0 Å². The minimum atomic E-state index is 0.539. The number of benzene rings is 1. The zero-order valence-corrected chi connectivity index (χ0v) is 17.7. The molecule has 3 nitrogen and oxygen atoms in total. The maximum atomic E-state index is 6.08. The molecule has 5 rings (SSSR count). The predicted octanol–water partition coefficient (Wildman–Crippen LogP) is 5.71. The van der Waals surface area contributed by atoms with Crippen molar-refractivity contribution in [1.82, 2.24) is 9.88 Å². The molecule has 4 atom stereocenters. The van der Waals surface area contributed by atoms with Crippen LogP contribution >= 0.6 is 0 Å². The normalized spacial score (nSPS) is 29.0. The molecule has 0 N–H and O–H groups in total.